The van der Waals surface area contributed by atoms with Crippen molar-refractivity contribution in [2.75, 3.05) is 13.2 Å². The van der Waals surface area contributed by atoms with E-state index in [1.165, 1.54) is 18.9 Å². The highest BCUT2D eigenvalue weighted by Crippen LogP contribution is 2.36. The van der Waals surface area contributed by atoms with Crippen molar-refractivity contribution in [3.63, 3.8) is 0 Å². The quantitative estimate of drug-likeness (QED) is 0.904. The number of fused-ring (bicyclic) bond motifs is 1. The first kappa shape index (κ1) is 11.8. The summed E-state index contributed by atoms with van der Waals surface area (Å²) >= 11 is 0. The number of pyridine rings is 1. The smallest absolute Gasteiger partial charge is 0.433 e. The summed E-state index contributed by atoms with van der Waals surface area (Å²) in [4.78, 5) is 3.53. The molecule has 1 N–H and O–H groups in total. The molecule has 0 spiro atoms. The molecule has 0 saturated heterocycles. The van der Waals surface area contributed by atoms with E-state index in [1.807, 2.05) is 0 Å². The van der Waals surface area contributed by atoms with Gasteiger partial charge in [0, 0.05) is 5.56 Å². The minimum Gasteiger partial charge on any atom is -0.475 e. The standard InChI is InChI=1S/C12H13F3N2O/c13-12(14,15)10-4-3-8-9(6-18-11(8)17-10)16-5-7-1-2-7/h3-4,7,9,16H,1-2,5-6H2/t9-/m0/s1. The lowest BCUT2D eigenvalue weighted by atomic mass is 10.1. The van der Waals surface area contributed by atoms with Crippen LogP contribution in [-0.2, 0) is 6.18 Å². The van der Waals surface area contributed by atoms with Gasteiger partial charge in [0.15, 0.2) is 0 Å². The summed E-state index contributed by atoms with van der Waals surface area (Å²) in [5.74, 6) is 0.828. The Morgan fingerprint density at radius 3 is 2.78 bits per heavy atom. The van der Waals surface area contributed by atoms with Crippen LogP contribution in [0.15, 0.2) is 12.1 Å². The summed E-state index contributed by atoms with van der Waals surface area (Å²) in [6, 6.07) is 2.44. The summed E-state index contributed by atoms with van der Waals surface area (Å²) < 4.78 is 42.7. The Labute approximate surface area is 102 Å². The van der Waals surface area contributed by atoms with Crippen LogP contribution in [-0.4, -0.2) is 18.1 Å². The van der Waals surface area contributed by atoms with E-state index in [0.29, 0.717) is 6.61 Å². The molecule has 6 heteroatoms. The molecule has 2 heterocycles. The van der Waals surface area contributed by atoms with Crippen molar-refractivity contribution in [1.82, 2.24) is 10.3 Å². The Morgan fingerprint density at radius 2 is 2.11 bits per heavy atom. The number of rotatable bonds is 3. The second-order valence-electron chi connectivity index (χ2n) is 4.80. The van der Waals surface area contributed by atoms with Crippen LogP contribution in [0.1, 0.15) is 30.1 Å². The van der Waals surface area contributed by atoms with Gasteiger partial charge in [-0.1, -0.05) is 0 Å². The summed E-state index contributed by atoms with van der Waals surface area (Å²) in [6.45, 7) is 1.25. The first-order valence-electron chi connectivity index (χ1n) is 5.98. The van der Waals surface area contributed by atoms with E-state index >= 15 is 0 Å². The largest absolute Gasteiger partial charge is 0.475 e. The van der Waals surface area contributed by atoms with Crippen molar-refractivity contribution in [3.05, 3.63) is 23.4 Å². The van der Waals surface area contributed by atoms with Crippen LogP contribution >= 0.6 is 0 Å². The molecule has 2 aliphatic rings. The summed E-state index contributed by atoms with van der Waals surface area (Å²) in [5, 5.41) is 3.31. The molecule has 3 rings (SSSR count). The molecular weight excluding hydrogens is 245 g/mol. The average molecular weight is 258 g/mol. The van der Waals surface area contributed by atoms with Crippen LogP contribution in [0.5, 0.6) is 5.88 Å². The fourth-order valence-electron chi connectivity index (χ4n) is 2.04. The lowest BCUT2D eigenvalue weighted by Gasteiger charge is -2.11. The predicted molar refractivity (Wildman–Crippen MR) is 58.2 cm³/mol. The zero-order chi connectivity index (χ0) is 12.8. The van der Waals surface area contributed by atoms with Crippen molar-refractivity contribution in [1.29, 1.82) is 0 Å². The van der Waals surface area contributed by atoms with Crippen molar-refractivity contribution in [3.8, 4) is 5.88 Å². The highest BCUT2D eigenvalue weighted by molar-refractivity contribution is 5.35. The first-order chi connectivity index (χ1) is 8.54. The van der Waals surface area contributed by atoms with Crippen molar-refractivity contribution in [2.24, 2.45) is 5.92 Å². The molecule has 0 aromatic carbocycles. The van der Waals surface area contributed by atoms with Gasteiger partial charge in [0.2, 0.25) is 5.88 Å². The molecule has 0 amide bonds. The van der Waals surface area contributed by atoms with E-state index < -0.39 is 11.9 Å². The van der Waals surface area contributed by atoms with Crippen LogP contribution < -0.4 is 10.1 Å². The summed E-state index contributed by atoms with van der Waals surface area (Å²) in [6.07, 6.45) is -1.95. The van der Waals surface area contributed by atoms with Gasteiger partial charge in [0.1, 0.15) is 12.3 Å². The third kappa shape index (κ3) is 2.29. The van der Waals surface area contributed by atoms with Gasteiger partial charge in [-0.3, -0.25) is 0 Å². The molecule has 0 bridgehead atoms. The highest BCUT2D eigenvalue weighted by atomic mass is 19.4. The van der Waals surface area contributed by atoms with Crippen molar-refractivity contribution < 1.29 is 17.9 Å². The van der Waals surface area contributed by atoms with E-state index in [0.717, 1.165) is 24.1 Å². The third-order valence-corrected chi connectivity index (χ3v) is 3.29. The maximum atomic E-state index is 12.5. The number of nitrogens with one attached hydrogen (secondary N) is 1. The monoisotopic (exact) mass is 258 g/mol. The molecule has 1 saturated carbocycles. The molecule has 0 unspecified atom stereocenters. The van der Waals surface area contributed by atoms with Crippen molar-refractivity contribution in [2.45, 2.75) is 25.1 Å². The summed E-state index contributed by atoms with van der Waals surface area (Å²) in [7, 11) is 0. The maximum Gasteiger partial charge on any atom is 0.433 e. The summed E-state index contributed by atoms with van der Waals surface area (Å²) in [5.41, 5.74) is -0.173. The van der Waals surface area contributed by atoms with Gasteiger partial charge in [-0.2, -0.15) is 13.2 Å². The van der Waals surface area contributed by atoms with Crippen LogP contribution in [0.2, 0.25) is 0 Å². The number of aromatic nitrogens is 1. The molecule has 98 valence electrons. The number of ether oxygens (including phenoxy) is 1. The Hall–Kier alpha value is -1.30. The van der Waals surface area contributed by atoms with Gasteiger partial charge < -0.3 is 10.1 Å². The molecule has 1 aromatic heterocycles. The number of halogens is 3. The molecule has 1 aliphatic carbocycles. The van der Waals surface area contributed by atoms with Gasteiger partial charge in [-0.25, -0.2) is 4.98 Å². The SMILES string of the molecule is FC(F)(F)c1ccc2c(n1)OC[C@@H]2NCC1CC1. The molecular formula is C12H13F3N2O. The Morgan fingerprint density at radius 1 is 1.33 bits per heavy atom. The van der Waals surface area contributed by atoms with E-state index in [-0.39, 0.29) is 11.9 Å². The second kappa shape index (κ2) is 4.12. The fourth-order valence-corrected chi connectivity index (χ4v) is 2.04. The lowest BCUT2D eigenvalue weighted by molar-refractivity contribution is -0.141. The normalized spacial score (nSPS) is 22.7. The van der Waals surface area contributed by atoms with Crippen LogP contribution in [0, 0.1) is 5.92 Å². The topological polar surface area (TPSA) is 34.1 Å². The van der Waals surface area contributed by atoms with E-state index in [4.69, 9.17) is 4.74 Å². The molecule has 1 atom stereocenters. The zero-order valence-electron chi connectivity index (χ0n) is 9.63. The van der Waals surface area contributed by atoms with Crippen LogP contribution in [0.25, 0.3) is 0 Å². The van der Waals surface area contributed by atoms with Crippen molar-refractivity contribution >= 4 is 0 Å². The number of hydrogen-bond acceptors (Lipinski definition) is 3. The minimum atomic E-state index is -4.42. The van der Waals surface area contributed by atoms with Gasteiger partial charge in [-0.15, -0.1) is 0 Å². The molecule has 18 heavy (non-hydrogen) atoms. The van der Waals surface area contributed by atoms with Crippen LogP contribution in [0.4, 0.5) is 13.2 Å². The zero-order valence-corrected chi connectivity index (χ0v) is 9.63. The number of nitrogens with zero attached hydrogens (tertiary/aromatic N) is 1. The Bertz CT molecular complexity index is 457. The van der Waals surface area contributed by atoms with Gasteiger partial charge in [0.05, 0.1) is 6.04 Å². The van der Waals surface area contributed by atoms with E-state index in [2.05, 4.69) is 10.3 Å². The molecule has 3 nitrogen and oxygen atoms in total. The molecule has 1 fully saturated rings. The van der Waals surface area contributed by atoms with Gasteiger partial charge >= 0.3 is 6.18 Å². The first-order valence-corrected chi connectivity index (χ1v) is 5.98. The molecule has 1 aliphatic heterocycles. The average Bonchev–Trinajstić information content (AvgIpc) is 3.05. The number of alkyl halides is 3. The predicted octanol–water partition coefficient (Wildman–Crippen LogP) is 2.53. The third-order valence-electron chi connectivity index (χ3n) is 3.29. The Balaban J connectivity index is 1.75. The fraction of sp³-hybridized carbons (Fsp3) is 0.583. The Kier molecular flexibility index (Phi) is 2.69. The highest BCUT2D eigenvalue weighted by Gasteiger charge is 2.35. The number of hydrogen-bond donors (Lipinski definition) is 1. The molecule has 0 radical (unpaired) electrons. The van der Waals surface area contributed by atoms with E-state index in [9.17, 15) is 13.2 Å². The lowest BCUT2D eigenvalue weighted by Crippen LogP contribution is -2.24. The van der Waals surface area contributed by atoms with Crippen LogP contribution in [0.3, 0.4) is 0 Å². The van der Waals surface area contributed by atoms with Gasteiger partial charge in [0.25, 0.3) is 0 Å². The minimum absolute atomic E-state index is 0.0321. The second-order valence-corrected chi connectivity index (χ2v) is 4.80. The van der Waals surface area contributed by atoms with Gasteiger partial charge in [-0.05, 0) is 37.4 Å². The van der Waals surface area contributed by atoms with E-state index in [1.54, 1.807) is 0 Å². The maximum absolute atomic E-state index is 12.5. The molecule has 1 aromatic rings.